The molecular weight excluding hydrogens is 425 g/mol. The summed E-state index contributed by atoms with van der Waals surface area (Å²) in [6, 6.07) is 10.3. The number of nitrogens with zero attached hydrogens (tertiary/aromatic N) is 3. The maximum atomic E-state index is 12.4. The van der Waals surface area contributed by atoms with Gasteiger partial charge in [-0.05, 0) is 29.8 Å². The van der Waals surface area contributed by atoms with Gasteiger partial charge in [0.25, 0.3) is 5.91 Å². The molecule has 1 amide bonds. The van der Waals surface area contributed by atoms with Gasteiger partial charge in [-0.15, -0.1) is 0 Å². The fourth-order valence-corrected chi connectivity index (χ4v) is 3.22. The van der Waals surface area contributed by atoms with E-state index < -0.39 is 5.91 Å². The second-order valence-corrected chi connectivity index (χ2v) is 7.11. The summed E-state index contributed by atoms with van der Waals surface area (Å²) in [5.41, 5.74) is 1.58. The zero-order valence-corrected chi connectivity index (χ0v) is 16.4. The van der Waals surface area contributed by atoms with Gasteiger partial charge in [-0.2, -0.15) is 10.2 Å². The molecule has 0 aliphatic rings. The van der Waals surface area contributed by atoms with Crippen LogP contribution in [0.25, 0.3) is 11.5 Å². The topological polar surface area (TPSA) is 88.7 Å². The predicted molar refractivity (Wildman–Crippen MR) is 107 cm³/mol. The molecule has 7 nitrogen and oxygen atoms in total. The number of benzene rings is 1. The van der Waals surface area contributed by atoms with Crippen LogP contribution in [0.5, 0.6) is 0 Å². The number of nitrogens with one attached hydrogen (secondary N) is 2. The molecule has 0 spiro atoms. The number of anilines is 1. The fraction of sp³-hybridized carbons (Fsp3) is 0.0556. The molecule has 4 aromatic rings. The Hall–Kier alpha value is -2.74. The third-order valence-electron chi connectivity index (χ3n) is 3.89. The summed E-state index contributed by atoms with van der Waals surface area (Å²) in [6.07, 6.45) is 3.14. The molecule has 3 aromatic heterocycles. The van der Waals surface area contributed by atoms with Crippen molar-refractivity contribution in [3.63, 3.8) is 0 Å². The molecule has 10 heteroatoms. The average molecular weight is 437 g/mol. The van der Waals surface area contributed by atoms with Crippen molar-refractivity contribution in [2.75, 3.05) is 5.32 Å². The largest absolute Gasteiger partial charge is 0.463 e. The third kappa shape index (κ3) is 3.91. The van der Waals surface area contributed by atoms with Gasteiger partial charge in [0, 0.05) is 22.3 Å². The molecule has 1 aromatic carbocycles. The van der Waals surface area contributed by atoms with Crippen LogP contribution in [0.2, 0.25) is 15.1 Å². The molecule has 0 saturated carbocycles. The van der Waals surface area contributed by atoms with Gasteiger partial charge in [0.05, 0.1) is 12.8 Å². The van der Waals surface area contributed by atoms with Gasteiger partial charge in [-0.25, -0.2) is 0 Å². The normalized spacial score (nSPS) is 11.0. The van der Waals surface area contributed by atoms with Crippen molar-refractivity contribution in [3.05, 3.63) is 75.2 Å². The van der Waals surface area contributed by atoms with Crippen molar-refractivity contribution in [2.24, 2.45) is 0 Å². The number of carbonyl (C=O) groups excluding carboxylic acids is 1. The van der Waals surface area contributed by atoms with Gasteiger partial charge in [0.2, 0.25) is 0 Å². The van der Waals surface area contributed by atoms with Crippen LogP contribution in [0, 0.1) is 0 Å². The number of halogens is 3. The highest BCUT2D eigenvalue weighted by Crippen LogP contribution is 2.25. The molecule has 0 radical (unpaired) electrons. The minimum Gasteiger partial charge on any atom is -0.463 e. The van der Waals surface area contributed by atoms with Crippen LogP contribution in [-0.2, 0) is 6.54 Å². The standard InChI is InChI=1S/C18H12Cl3N5O2/c19-11-4-3-10(12(20)6-11)8-26-9-13(21)17(25-26)22-18(27)15-7-14(23-24-15)16-2-1-5-28-16/h1-7,9H,8H2,(H,23,24)(H,22,25,27). The van der Waals surface area contributed by atoms with Crippen LogP contribution >= 0.6 is 34.8 Å². The van der Waals surface area contributed by atoms with Gasteiger partial charge < -0.3 is 9.73 Å². The number of aromatic amines is 1. The van der Waals surface area contributed by atoms with E-state index in [1.807, 2.05) is 0 Å². The Morgan fingerprint density at radius 1 is 1.18 bits per heavy atom. The molecule has 28 heavy (non-hydrogen) atoms. The van der Waals surface area contributed by atoms with E-state index in [9.17, 15) is 4.79 Å². The lowest BCUT2D eigenvalue weighted by atomic mass is 10.2. The van der Waals surface area contributed by atoms with Crippen LogP contribution in [-0.4, -0.2) is 25.9 Å². The number of H-pyrrole nitrogens is 1. The molecule has 2 N–H and O–H groups in total. The zero-order valence-electron chi connectivity index (χ0n) is 14.1. The summed E-state index contributed by atoms with van der Waals surface area (Å²) in [5, 5.41) is 15.0. The van der Waals surface area contributed by atoms with Gasteiger partial charge in [-0.1, -0.05) is 40.9 Å². The van der Waals surface area contributed by atoms with Crippen LogP contribution in [0.15, 0.2) is 53.3 Å². The predicted octanol–water partition coefficient (Wildman–Crippen LogP) is 5.13. The van der Waals surface area contributed by atoms with Crippen LogP contribution < -0.4 is 5.32 Å². The summed E-state index contributed by atoms with van der Waals surface area (Å²) in [6.45, 7) is 0.372. The molecule has 0 bridgehead atoms. The molecule has 0 atom stereocenters. The summed E-state index contributed by atoms with van der Waals surface area (Å²) >= 11 is 18.3. The highest BCUT2D eigenvalue weighted by molar-refractivity contribution is 6.35. The molecule has 0 aliphatic carbocycles. The smallest absolute Gasteiger partial charge is 0.277 e. The van der Waals surface area contributed by atoms with E-state index >= 15 is 0 Å². The zero-order chi connectivity index (χ0) is 19.7. The molecular formula is C18H12Cl3N5O2. The van der Waals surface area contributed by atoms with E-state index in [1.54, 1.807) is 47.3 Å². The van der Waals surface area contributed by atoms with Crippen molar-refractivity contribution in [3.8, 4) is 11.5 Å². The van der Waals surface area contributed by atoms with Crippen molar-refractivity contribution < 1.29 is 9.21 Å². The summed E-state index contributed by atoms with van der Waals surface area (Å²) in [7, 11) is 0. The number of hydrogen-bond donors (Lipinski definition) is 2. The van der Waals surface area contributed by atoms with Crippen molar-refractivity contribution >= 4 is 46.5 Å². The first-order valence-electron chi connectivity index (χ1n) is 8.07. The first-order valence-corrected chi connectivity index (χ1v) is 9.20. The number of aromatic nitrogens is 4. The molecule has 4 rings (SSSR count). The van der Waals surface area contributed by atoms with Gasteiger partial charge in [-0.3, -0.25) is 14.6 Å². The number of furan rings is 1. The Kier molecular flexibility index (Phi) is 5.13. The monoisotopic (exact) mass is 435 g/mol. The molecule has 142 valence electrons. The second kappa shape index (κ2) is 7.71. The second-order valence-electron chi connectivity index (χ2n) is 5.86. The highest BCUT2D eigenvalue weighted by atomic mass is 35.5. The first-order chi connectivity index (χ1) is 13.5. The maximum Gasteiger partial charge on any atom is 0.277 e. The Bertz CT molecular complexity index is 1130. The molecule has 3 heterocycles. The fourth-order valence-electron chi connectivity index (χ4n) is 2.55. The van der Waals surface area contributed by atoms with E-state index in [0.29, 0.717) is 33.1 Å². The molecule has 0 saturated heterocycles. The van der Waals surface area contributed by atoms with Crippen molar-refractivity contribution in [2.45, 2.75) is 6.54 Å². The van der Waals surface area contributed by atoms with Gasteiger partial charge >= 0.3 is 0 Å². The Balaban J connectivity index is 1.48. The van der Waals surface area contributed by atoms with E-state index in [-0.39, 0.29) is 11.5 Å². The maximum absolute atomic E-state index is 12.4. The van der Waals surface area contributed by atoms with Crippen molar-refractivity contribution in [1.29, 1.82) is 0 Å². The number of amides is 1. The van der Waals surface area contributed by atoms with Crippen LogP contribution in [0.3, 0.4) is 0 Å². The minimum atomic E-state index is -0.453. The Labute approximate surface area is 174 Å². The summed E-state index contributed by atoms with van der Waals surface area (Å²) < 4.78 is 6.84. The third-order valence-corrected chi connectivity index (χ3v) is 4.76. The van der Waals surface area contributed by atoms with E-state index in [4.69, 9.17) is 39.2 Å². The first kappa shape index (κ1) is 18.6. The van der Waals surface area contributed by atoms with Crippen LogP contribution in [0.1, 0.15) is 16.1 Å². The number of carbonyl (C=O) groups is 1. The summed E-state index contributed by atoms with van der Waals surface area (Å²) in [4.78, 5) is 12.4. The van der Waals surface area contributed by atoms with Crippen molar-refractivity contribution in [1.82, 2.24) is 20.0 Å². The Morgan fingerprint density at radius 3 is 2.79 bits per heavy atom. The average Bonchev–Trinajstić information content (AvgIpc) is 3.39. The quantitative estimate of drug-likeness (QED) is 0.454. The van der Waals surface area contributed by atoms with Gasteiger partial charge in [0.15, 0.2) is 17.3 Å². The molecule has 0 fully saturated rings. The highest BCUT2D eigenvalue weighted by Gasteiger charge is 2.16. The number of hydrogen-bond acceptors (Lipinski definition) is 4. The SMILES string of the molecule is O=C(Nc1nn(Cc2ccc(Cl)cc2Cl)cc1Cl)c1cc(-c2ccco2)[nH]n1. The van der Waals surface area contributed by atoms with E-state index in [0.717, 1.165) is 5.56 Å². The minimum absolute atomic E-state index is 0.178. The number of rotatable bonds is 5. The molecule has 0 aliphatic heterocycles. The van der Waals surface area contributed by atoms with E-state index in [2.05, 4.69) is 20.6 Å². The lowest BCUT2D eigenvalue weighted by Crippen LogP contribution is -2.13. The summed E-state index contributed by atoms with van der Waals surface area (Å²) in [5.74, 6) is 0.346. The van der Waals surface area contributed by atoms with E-state index in [1.165, 1.54) is 6.26 Å². The Morgan fingerprint density at radius 2 is 2.04 bits per heavy atom. The lowest BCUT2D eigenvalue weighted by Gasteiger charge is -2.05. The molecule has 0 unspecified atom stereocenters. The lowest BCUT2D eigenvalue weighted by molar-refractivity contribution is 0.102. The van der Waals surface area contributed by atoms with Crippen LogP contribution in [0.4, 0.5) is 5.82 Å². The van der Waals surface area contributed by atoms with Gasteiger partial charge in [0.1, 0.15) is 10.7 Å².